The topological polar surface area (TPSA) is 0 Å². The Bertz CT molecular complexity index is 5110. The number of hydrogen-bond acceptors (Lipinski definition) is 0. The van der Waals surface area contributed by atoms with Gasteiger partial charge in [-0.3, -0.25) is 0 Å². The van der Waals surface area contributed by atoms with Gasteiger partial charge in [-0.15, -0.1) is 0 Å². The van der Waals surface area contributed by atoms with Crippen LogP contribution < -0.4 is 0 Å². The molecule has 2 atom stereocenters. The van der Waals surface area contributed by atoms with Gasteiger partial charge < -0.3 is 0 Å². The zero-order valence-electron chi connectivity index (χ0n) is 41.6. The average Bonchev–Trinajstić information content (AvgIpc) is 3.51. The van der Waals surface area contributed by atoms with Gasteiger partial charge in [-0.25, -0.2) is 0 Å². The Morgan fingerprint density at radius 1 is 0.237 bits per heavy atom. The van der Waals surface area contributed by atoms with E-state index in [9.17, 15) is 0 Å². The third kappa shape index (κ3) is 6.07. The van der Waals surface area contributed by atoms with Crippen LogP contribution in [0.1, 0.15) is 17.0 Å². The second-order valence-electron chi connectivity index (χ2n) is 21.4. The predicted molar refractivity (Wildman–Crippen MR) is 328 cm³/mol. The molecule has 15 aromatic carbocycles. The number of allylic oxidation sites excluding steroid dienone is 5. The minimum absolute atomic E-state index is 0.265. The fraction of sp³-hybridized carbons (Fsp3) is 0.0263. The lowest BCUT2D eigenvalue weighted by Crippen LogP contribution is -2.14. The first-order valence-electron chi connectivity index (χ1n) is 26.8. The zero-order chi connectivity index (χ0) is 49.6. The van der Waals surface area contributed by atoms with E-state index in [-0.39, 0.29) is 5.92 Å². The van der Waals surface area contributed by atoms with Crippen molar-refractivity contribution in [1.29, 1.82) is 0 Å². The summed E-state index contributed by atoms with van der Waals surface area (Å²) in [5.41, 5.74) is 12.7. The quantitative estimate of drug-likeness (QED) is 0.122. The van der Waals surface area contributed by atoms with E-state index < -0.39 is 0 Å². The van der Waals surface area contributed by atoms with Crippen LogP contribution in [0.5, 0.6) is 0 Å². The van der Waals surface area contributed by atoms with Crippen LogP contribution >= 0.6 is 0 Å². The molecule has 76 heavy (non-hydrogen) atoms. The highest BCUT2D eigenvalue weighted by atomic mass is 14.3. The van der Waals surface area contributed by atoms with Crippen molar-refractivity contribution in [1.82, 2.24) is 0 Å². The average molecular weight is 959 g/mol. The van der Waals surface area contributed by atoms with E-state index in [2.05, 4.69) is 267 Å². The Hall–Kier alpha value is -9.62. The molecule has 0 fully saturated rings. The van der Waals surface area contributed by atoms with E-state index >= 15 is 0 Å². The van der Waals surface area contributed by atoms with Gasteiger partial charge >= 0.3 is 0 Å². The van der Waals surface area contributed by atoms with Crippen molar-refractivity contribution in [3.05, 3.63) is 272 Å². The van der Waals surface area contributed by atoms with E-state index in [1.807, 2.05) is 0 Å². The standard InChI is InChI=1S/C76H46/c1-5-21-59-45(13-1)29-33-49-17-9-25-63(71(49)59)53-37-57-38-54(64-26-10-18-50-34-30-46-14-2-6-22-60(46)72(50)64)43-69-70-44-56(66-28-12-20-52-36-32-48-16-4-8-24-62(48)74(52)66)40-58-39-55(42-68(76(58)70)67(41-53)75(57)69)65-27-11-19-51-35-31-47-15-3-7-23-61(47)73(51)65/h1-45,59H. The second-order valence-corrected chi connectivity index (χ2v) is 21.4. The van der Waals surface area contributed by atoms with Crippen molar-refractivity contribution < 1.29 is 0 Å². The van der Waals surface area contributed by atoms with Crippen molar-refractivity contribution >= 4 is 114 Å². The van der Waals surface area contributed by atoms with Crippen molar-refractivity contribution in [2.75, 3.05) is 0 Å². The van der Waals surface area contributed by atoms with Crippen molar-refractivity contribution in [2.45, 2.75) is 5.92 Å². The molecule has 0 heterocycles. The van der Waals surface area contributed by atoms with E-state index in [1.165, 1.54) is 163 Å². The second kappa shape index (κ2) is 15.9. The lowest BCUT2D eigenvalue weighted by atomic mass is 9.74. The van der Waals surface area contributed by atoms with Gasteiger partial charge in [0.05, 0.1) is 0 Å². The highest BCUT2D eigenvalue weighted by Gasteiger charge is 2.28. The lowest BCUT2D eigenvalue weighted by molar-refractivity contribution is 0.693. The van der Waals surface area contributed by atoms with Crippen LogP contribution in [0.3, 0.4) is 0 Å². The van der Waals surface area contributed by atoms with Gasteiger partial charge in [-0.2, -0.15) is 0 Å². The molecule has 0 saturated heterocycles. The predicted octanol–water partition coefficient (Wildman–Crippen LogP) is 21.2. The van der Waals surface area contributed by atoms with Crippen LogP contribution in [0.4, 0.5) is 0 Å². The third-order valence-corrected chi connectivity index (χ3v) is 17.4. The monoisotopic (exact) mass is 958 g/mol. The number of benzene rings is 15. The number of fused-ring (bicyclic) bond motifs is 14. The summed E-state index contributed by atoms with van der Waals surface area (Å²) in [5.74, 6) is 0.589. The maximum Gasteiger partial charge on any atom is 0.0131 e. The van der Waals surface area contributed by atoms with Gasteiger partial charge in [0, 0.05) is 11.8 Å². The van der Waals surface area contributed by atoms with Gasteiger partial charge in [0.15, 0.2) is 0 Å². The molecule has 0 aromatic heterocycles. The smallest absolute Gasteiger partial charge is 0.0131 e. The molecule has 0 bridgehead atoms. The van der Waals surface area contributed by atoms with Gasteiger partial charge in [0.25, 0.3) is 0 Å². The Labute approximate surface area is 439 Å². The molecule has 0 N–H and O–H groups in total. The van der Waals surface area contributed by atoms with Crippen LogP contribution in [0.2, 0.25) is 0 Å². The van der Waals surface area contributed by atoms with Crippen LogP contribution in [0.25, 0.3) is 158 Å². The summed E-state index contributed by atoms with van der Waals surface area (Å²) in [6.45, 7) is 0. The minimum Gasteiger partial charge on any atom is -0.0767 e. The number of hydrogen-bond donors (Lipinski definition) is 0. The minimum atomic E-state index is 0.265. The first kappa shape index (κ1) is 41.8. The number of rotatable bonds is 4. The molecule has 0 saturated carbocycles. The molecule has 15 aromatic rings. The molecule has 0 nitrogen and oxygen atoms in total. The molecular weight excluding hydrogens is 913 g/mol. The molecule has 2 aliphatic rings. The Kier molecular flexibility index (Phi) is 8.77. The summed E-state index contributed by atoms with van der Waals surface area (Å²) in [7, 11) is 0. The zero-order valence-corrected chi connectivity index (χ0v) is 41.6. The third-order valence-electron chi connectivity index (χ3n) is 17.4. The SMILES string of the molecule is C1=CC2C=Cc3cccc(-c4cc5cc(-c6cccc7ccc8ccccc8c67)cc6c7cc(-c8cccc9ccc%10ccccc%10c89)cc8cc(-c9cccc%10ccc%11ccccc%11c9%10)cc(c(c4)c56)c87)c3C2C=C1. The van der Waals surface area contributed by atoms with Gasteiger partial charge in [-0.05, 0) is 212 Å². The molecule has 0 aliphatic heterocycles. The molecular formula is C76H46. The maximum atomic E-state index is 2.55. The van der Waals surface area contributed by atoms with E-state index in [0.29, 0.717) is 5.92 Å². The highest BCUT2D eigenvalue weighted by Crippen LogP contribution is 2.51. The van der Waals surface area contributed by atoms with Gasteiger partial charge in [0.2, 0.25) is 0 Å². The summed E-state index contributed by atoms with van der Waals surface area (Å²) in [5, 5.41) is 25.4. The first-order chi connectivity index (χ1) is 37.7. The molecule has 2 aliphatic carbocycles. The molecule has 2 unspecified atom stereocenters. The van der Waals surface area contributed by atoms with Crippen LogP contribution in [-0.4, -0.2) is 0 Å². The molecule has 0 radical (unpaired) electrons. The largest absolute Gasteiger partial charge is 0.0767 e. The first-order valence-corrected chi connectivity index (χ1v) is 26.8. The Morgan fingerprint density at radius 2 is 0.605 bits per heavy atom. The Morgan fingerprint density at radius 3 is 1.07 bits per heavy atom. The molecule has 17 rings (SSSR count). The van der Waals surface area contributed by atoms with Gasteiger partial charge in [-0.1, -0.05) is 218 Å². The van der Waals surface area contributed by atoms with Crippen LogP contribution in [-0.2, 0) is 0 Å². The maximum absolute atomic E-state index is 2.55. The van der Waals surface area contributed by atoms with Crippen molar-refractivity contribution in [3.8, 4) is 44.5 Å². The highest BCUT2D eigenvalue weighted by molar-refractivity contribution is 6.36. The molecule has 0 spiro atoms. The van der Waals surface area contributed by atoms with E-state index in [1.54, 1.807) is 0 Å². The summed E-state index contributed by atoms with van der Waals surface area (Å²) in [4.78, 5) is 0. The summed E-state index contributed by atoms with van der Waals surface area (Å²) < 4.78 is 0. The fourth-order valence-electron chi connectivity index (χ4n) is 14.1. The van der Waals surface area contributed by atoms with E-state index in [0.717, 1.165) is 0 Å². The van der Waals surface area contributed by atoms with Crippen LogP contribution in [0.15, 0.2) is 261 Å². The molecule has 0 amide bonds. The lowest BCUT2D eigenvalue weighted by Gasteiger charge is -2.30. The van der Waals surface area contributed by atoms with Crippen molar-refractivity contribution in [2.24, 2.45) is 5.92 Å². The van der Waals surface area contributed by atoms with Crippen LogP contribution in [0, 0.1) is 5.92 Å². The molecule has 0 heteroatoms. The Balaban J connectivity index is 1.05. The molecule has 350 valence electrons. The van der Waals surface area contributed by atoms with Gasteiger partial charge in [0.1, 0.15) is 0 Å². The van der Waals surface area contributed by atoms with Crippen molar-refractivity contribution in [3.63, 3.8) is 0 Å². The van der Waals surface area contributed by atoms with E-state index in [4.69, 9.17) is 0 Å². The fourth-order valence-corrected chi connectivity index (χ4v) is 14.1. The summed E-state index contributed by atoms with van der Waals surface area (Å²) >= 11 is 0. The summed E-state index contributed by atoms with van der Waals surface area (Å²) in [6, 6.07) is 88.0. The summed E-state index contributed by atoms with van der Waals surface area (Å²) in [6.07, 6.45) is 14.0. The normalized spacial score (nSPS) is 15.2.